The molecule has 2 aromatic rings. The zero-order valence-electron chi connectivity index (χ0n) is 8.34. The van der Waals surface area contributed by atoms with Crippen molar-refractivity contribution in [3.05, 3.63) is 30.3 Å². The van der Waals surface area contributed by atoms with E-state index in [1.54, 1.807) is 0 Å². The summed E-state index contributed by atoms with van der Waals surface area (Å²) in [6.45, 7) is 0. The highest BCUT2D eigenvalue weighted by molar-refractivity contribution is 7.99. The number of nitrogens with zero attached hydrogens (tertiary/aromatic N) is 1. The first-order valence-corrected chi connectivity index (χ1v) is 5.65. The van der Waals surface area contributed by atoms with Gasteiger partial charge in [0.05, 0.1) is 11.8 Å². The largest absolute Gasteiger partial charge is 0.504 e. The van der Waals surface area contributed by atoms with E-state index >= 15 is 0 Å². The summed E-state index contributed by atoms with van der Waals surface area (Å²) in [6.07, 6.45) is 0. The summed E-state index contributed by atoms with van der Waals surface area (Å²) in [5.74, 6) is 0.148. The van der Waals surface area contributed by atoms with Crippen molar-refractivity contribution in [2.24, 2.45) is 0 Å². The van der Waals surface area contributed by atoms with Gasteiger partial charge in [-0.3, -0.25) is 0 Å². The van der Waals surface area contributed by atoms with E-state index in [1.165, 1.54) is 23.9 Å². The molecule has 0 saturated carbocycles. The number of phenols is 2. The molecule has 3 nitrogen and oxygen atoms in total. The molecule has 0 bridgehead atoms. The van der Waals surface area contributed by atoms with Crippen molar-refractivity contribution < 1.29 is 10.2 Å². The Balaban J connectivity index is 2.46. The van der Waals surface area contributed by atoms with Gasteiger partial charge in [0.2, 0.25) is 0 Å². The van der Waals surface area contributed by atoms with Crippen molar-refractivity contribution in [2.45, 2.75) is 4.90 Å². The van der Waals surface area contributed by atoms with Crippen molar-refractivity contribution in [1.82, 2.24) is 0 Å². The molecule has 0 aliphatic heterocycles. The monoisotopic (exact) mass is 231 g/mol. The number of aromatic hydroxyl groups is 2. The first kappa shape index (κ1) is 10.7. The molecule has 0 aromatic heterocycles. The predicted octanol–water partition coefficient (Wildman–Crippen LogP) is 2.87. The molecule has 0 atom stereocenters. The van der Waals surface area contributed by atoms with E-state index in [1.807, 2.05) is 18.2 Å². The zero-order valence-corrected chi connectivity index (χ0v) is 9.16. The van der Waals surface area contributed by atoms with Crippen molar-refractivity contribution in [3.8, 4) is 17.6 Å². The molecule has 0 fully saturated rings. The second kappa shape index (κ2) is 4.33. The molecule has 0 spiro atoms. The minimum absolute atomic E-state index is 0.120. The smallest absolute Gasteiger partial charge is 0.158 e. The highest BCUT2D eigenvalue weighted by Gasteiger charge is 2.03. The standard InChI is InChI=1S/C12H9NO2S/c13-3-4-16-10-2-1-8-6-11(14)12(15)7-9(8)5-10/h1-2,5-7,14-15H,4H2. The van der Waals surface area contributed by atoms with Gasteiger partial charge >= 0.3 is 0 Å². The summed E-state index contributed by atoms with van der Waals surface area (Å²) in [4.78, 5) is 0.971. The van der Waals surface area contributed by atoms with Crippen LogP contribution in [0.3, 0.4) is 0 Å². The van der Waals surface area contributed by atoms with Crippen LogP contribution < -0.4 is 0 Å². The van der Waals surface area contributed by atoms with Crippen LogP contribution in [0.25, 0.3) is 10.8 Å². The molecule has 0 heterocycles. The molecule has 0 amide bonds. The third kappa shape index (κ3) is 2.05. The number of hydrogen-bond donors (Lipinski definition) is 2. The van der Waals surface area contributed by atoms with Crippen LogP contribution in [-0.2, 0) is 0 Å². The van der Waals surface area contributed by atoms with Crippen LogP contribution in [0.4, 0.5) is 0 Å². The van der Waals surface area contributed by atoms with Crippen LogP contribution in [-0.4, -0.2) is 16.0 Å². The molecule has 2 rings (SSSR count). The second-order valence-corrected chi connectivity index (χ2v) is 4.35. The van der Waals surface area contributed by atoms with Gasteiger partial charge in [0, 0.05) is 4.90 Å². The van der Waals surface area contributed by atoms with Crippen LogP contribution in [0.5, 0.6) is 11.5 Å². The van der Waals surface area contributed by atoms with Crippen molar-refractivity contribution in [3.63, 3.8) is 0 Å². The van der Waals surface area contributed by atoms with Gasteiger partial charge in [-0.25, -0.2) is 0 Å². The maximum Gasteiger partial charge on any atom is 0.158 e. The molecule has 0 aliphatic carbocycles. The summed E-state index contributed by atoms with van der Waals surface area (Å²) in [6, 6.07) is 10.7. The summed E-state index contributed by atoms with van der Waals surface area (Å²) >= 11 is 1.44. The lowest BCUT2D eigenvalue weighted by atomic mass is 10.1. The van der Waals surface area contributed by atoms with Crippen LogP contribution in [0.2, 0.25) is 0 Å². The van der Waals surface area contributed by atoms with E-state index in [4.69, 9.17) is 5.26 Å². The normalized spacial score (nSPS) is 10.2. The van der Waals surface area contributed by atoms with Gasteiger partial charge in [-0.1, -0.05) is 6.07 Å². The van der Waals surface area contributed by atoms with Gasteiger partial charge < -0.3 is 10.2 Å². The maximum atomic E-state index is 9.38. The zero-order chi connectivity index (χ0) is 11.5. The second-order valence-electron chi connectivity index (χ2n) is 3.30. The molecule has 4 heteroatoms. The van der Waals surface area contributed by atoms with Gasteiger partial charge in [0.25, 0.3) is 0 Å². The fourth-order valence-corrected chi connectivity index (χ4v) is 2.06. The van der Waals surface area contributed by atoms with Gasteiger partial charge in [-0.15, -0.1) is 11.8 Å². The fourth-order valence-electron chi connectivity index (χ4n) is 1.46. The van der Waals surface area contributed by atoms with Crippen molar-refractivity contribution in [2.75, 3.05) is 5.75 Å². The Kier molecular flexibility index (Phi) is 2.88. The van der Waals surface area contributed by atoms with E-state index in [2.05, 4.69) is 6.07 Å². The van der Waals surface area contributed by atoms with E-state index < -0.39 is 0 Å². The Morgan fingerprint density at radius 3 is 2.44 bits per heavy atom. The molecule has 2 aromatic carbocycles. The molecule has 16 heavy (non-hydrogen) atoms. The SMILES string of the molecule is N#CCSc1ccc2cc(O)c(O)cc2c1. The maximum absolute atomic E-state index is 9.38. The molecule has 0 radical (unpaired) electrons. The van der Waals surface area contributed by atoms with Crippen LogP contribution in [0.1, 0.15) is 0 Å². The first-order chi connectivity index (χ1) is 7.70. The molecule has 0 unspecified atom stereocenters. The molecule has 2 N–H and O–H groups in total. The minimum atomic E-state index is -0.130. The fraction of sp³-hybridized carbons (Fsp3) is 0.0833. The number of benzene rings is 2. The van der Waals surface area contributed by atoms with Crippen molar-refractivity contribution >= 4 is 22.5 Å². The van der Waals surface area contributed by atoms with Gasteiger partial charge in [0.1, 0.15) is 0 Å². The topological polar surface area (TPSA) is 64.2 Å². The third-order valence-corrected chi connectivity index (χ3v) is 3.07. The van der Waals surface area contributed by atoms with Crippen molar-refractivity contribution in [1.29, 1.82) is 5.26 Å². The summed E-state index contributed by atoms with van der Waals surface area (Å²) in [7, 11) is 0. The van der Waals surface area contributed by atoms with Crippen LogP contribution in [0.15, 0.2) is 35.2 Å². The average molecular weight is 231 g/mol. The summed E-state index contributed by atoms with van der Waals surface area (Å²) < 4.78 is 0. The van der Waals surface area contributed by atoms with Crippen LogP contribution >= 0.6 is 11.8 Å². The Labute approximate surface area is 96.9 Å². The molecular formula is C12H9NO2S. The van der Waals surface area contributed by atoms with E-state index in [0.29, 0.717) is 5.75 Å². The highest BCUT2D eigenvalue weighted by atomic mass is 32.2. The first-order valence-electron chi connectivity index (χ1n) is 4.66. The molecule has 80 valence electrons. The number of hydrogen-bond acceptors (Lipinski definition) is 4. The molecule has 0 saturated heterocycles. The summed E-state index contributed by atoms with van der Waals surface area (Å²) in [5, 5.41) is 28.9. The number of phenolic OH excluding ortho intramolecular Hbond substituents is 2. The Morgan fingerprint density at radius 1 is 1.06 bits per heavy atom. The van der Waals surface area contributed by atoms with E-state index in [-0.39, 0.29) is 11.5 Å². The van der Waals surface area contributed by atoms with Gasteiger partial charge in [0.15, 0.2) is 11.5 Å². The number of rotatable bonds is 2. The number of fused-ring (bicyclic) bond motifs is 1. The number of thioether (sulfide) groups is 1. The Hall–Kier alpha value is -1.86. The lowest BCUT2D eigenvalue weighted by molar-refractivity contribution is 0.405. The van der Waals surface area contributed by atoms with Gasteiger partial charge in [-0.05, 0) is 35.0 Å². The van der Waals surface area contributed by atoms with E-state index in [9.17, 15) is 10.2 Å². The lowest BCUT2D eigenvalue weighted by Gasteiger charge is -2.03. The Bertz CT molecular complexity index is 575. The van der Waals surface area contributed by atoms with Crippen LogP contribution in [0, 0.1) is 11.3 Å². The average Bonchev–Trinajstić information content (AvgIpc) is 2.28. The number of nitriles is 1. The predicted molar refractivity (Wildman–Crippen MR) is 63.6 cm³/mol. The quantitative estimate of drug-likeness (QED) is 0.616. The summed E-state index contributed by atoms with van der Waals surface area (Å²) in [5.41, 5.74) is 0. The minimum Gasteiger partial charge on any atom is -0.504 e. The van der Waals surface area contributed by atoms with E-state index in [0.717, 1.165) is 15.7 Å². The van der Waals surface area contributed by atoms with Gasteiger partial charge in [-0.2, -0.15) is 5.26 Å². The Morgan fingerprint density at radius 2 is 1.75 bits per heavy atom. The molecule has 0 aliphatic rings. The lowest BCUT2D eigenvalue weighted by Crippen LogP contribution is -1.78. The third-order valence-electron chi connectivity index (χ3n) is 2.21. The molecular weight excluding hydrogens is 222 g/mol. The highest BCUT2D eigenvalue weighted by Crippen LogP contribution is 2.32.